The predicted molar refractivity (Wildman–Crippen MR) is 114 cm³/mol. The number of esters is 1. The van der Waals surface area contributed by atoms with Gasteiger partial charge in [0.15, 0.2) is 6.10 Å². The Kier molecular flexibility index (Phi) is 5.90. The van der Waals surface area contributed by atoms with E-state index in [1.807, 2.05) is 42.5 Å². The van der Waals surface area contributed by atoms with Gasteiger partial charge in [0.25, 0.3) is 5.91 Å². The summed E-state index contributed by atoms with van der Waals surface area (Å²) in [5.41, 5.74) is 2.67. The first kappa shape index (κ1) is 19.6. The standard InChI is InChI=1S/C23H23NO4S/c1-15(22(25)24-17-11-12-17)27-23(26)21-19(18-9-5-6-10-20(18)28-21)14-29-13-16-7-3-2-4-8-16/h2-10,15,17H,11-14H2,1H3,(H,24,25)/t15-/m1/s1. The van der Waals surface area contributed by atoms with Crippen molar-refractivity contribution < 1.29 is 18.7 Å². The van der Waals surface area contributed by atoms with Crippen molar-refractivity contribution in [2.24, 2.45) is 0 Å². The van der Waals surface area contributed by atoms with E-state index in [1.165, 1.54) is 5.56 Å². The molecule has 1 amide bonds. The first-order valence-electron chi connectivity index (χ1n) is 9.75. The summed E-state index contributed by atoms with van der Waals surface area (Å²) in [6, 6.07) is 18.0. The number of amides is 1. The molecule has 1 saturated carbocycles. The van der Waals surface area contributed by atoms with Gasteiger partial charge in [-0.05, 0) is 31.4 Å². The molecule has 0 bridgehead atoms. The fourth-order valence-electron chi connectivity index (χ4n) is 3.07. The Labute approximate surface area is 173 Å². The molecule has 0 aliphatic heterocycles. The van der Waals surface area contributed by atoms with Crippen molar-refractivity contribution in [1.29, 1.82) is 0 Å². The van der Waals surface area contributed by atoms with E-state index in [1.54, 1.807) is 18.7 Å². The van der Waals surface area contributed by atoms with Crippen molar-refractivity contribution in [3.8, 4) is 0 Å². The van der Waals surface area contributed by atoms with Gasteiger partial charge in [0.1, 0.15) is 5.58 Å². The van der Waals surface area contributed by atoms with Crippen LogP contribution < -0.4 is 5.32 Å². The molecule has 1 atom stereocenters. The van der Waals surface area contributed by atoms with Gasteiger partial charge in [-0.2, -0.15) is 11.8 Å². The van der Waals surface area contributed by atoms with Gasteiger partial charge in [0.05, 0.1) is 0 Å². The van der Waals surface area contributed by atoms with E-state index in [-0.39, 0.29) is 17.7 Å². The van der Waals surface area contributed by atoms with Crippen molar-refractivity contribution >= 4 is 34.6 Å². The van der Waals surface area contributed by atoms with Crippen LogP contribution in [0, 0.1) is 0 Å². The second-order valence-electron chi connectivity index (χ2n) is 7.21. The lowest BCUT2D eigenvalue weighted by Crippen LogP contribution is -2.37. The normalized spacial score (nSPS) is 14.5. The van der Waals surface area contributed by atoms with Crippen LogP contribution in [0.25, 0.3) is 11.0 Å². The topological polar surface area (TPSA) is 68.5 Å². The molecule has 150 valence electrons. The second-order valence-corrected chi connectivity index (χ2v) is 8.20. The molecule has 2 aromatic carbocycles. The minimum atomic E-state index is -0.860. The SMILES string of the molecule is C[C@@H](OC(=O)c1oc2ccccc2c1CSCc1ccccc1)C(=O)NC1CC1. The highest BCUT2D eigenvalue weighted by Crippen LogP contribution is 2.31. The molecule has 1 heterocycles. The maximum absolute atomic E-state index is 12.8. The highest BCUT2D eigenvalue weighted by Gasteiger charge is 2.29. The van der Waals surface area contributed by atoms with Crippen LogP contribution in [0.15, 0.2) is 59.0 Å². The molecule has 1 aliphatic rings. The maximum Gasteiger partial charge on any atom is 0.375 e. The second kappa shape index (κ2) is 8.74. The number of benzene rings is 2. The third-order valence-corrected chi connectivity index (χ3v) is 5.85. The molecular formula is C23H23NO4S. The van der Waals surface area contributed by atoms with Crippen molar-refractivity contribution in [3.63, 3.8) is 0 Å². The molecule has 1 aliphatic carbocycles. The van der Waals surface area contributed by atoms with Gasteiger partial charge in [0, 0.05) is 28.5 Å². The number of nitrogens with one attached hydrogen (secondary N) is 1. The molecule has 3 aromatic rings. The molecule has 0 radical (unpaired) electrons. The summed E-state index contributed by atoms with van der Waals surface area (Å²) in [6.07, 6.45) is 1.11. The van der Waals surface area contributed by atoms with Gasteiger partial charge >= 0.3 is 5.97 Å². The maximum atomic E-state index is 12.8. The zero-order chi connectivity index (χ0) is 20.2. The van der Waals surface area contributed by atoms with Gasteiger partial charge < -0.3 is 14.5 Å². The number of hydrogen-bond acceptors (Lipinski definition) is 5. The zero-order valence-electron chi connectivity index (χ0n) is 16.2. The quantitative estimate of drug-likeness (QED) is 0.547. The summed E-state index contributed by atoms with van der Waals surface area (Å²) in [7, 11) is 0. The molecule has 5 nitrogen and oxygen atoms in total. The zero-order valence-corrected chi connectivity index (χ0v) is 17.0. The third-order valence-electron chi connectivity index (χ3n) is 4.82. The van der Waals surface area contributed by atoms with E-state index in [4.69, 9.17) is 9.15 Å². The Bertz CT molecular complexity index is 1010. The highest BCUT2D eigenvalue weighted by atomic mass is 32.2. The number of furan rings is 1. The van der Waals surface area contributed by atoms with E-state index in [2.05, 4.69) is 17.4 Å². The molecule has 1 aromatic heterocycles. The summed E-state index contributed by atoms with van der Waals surface area (Å²) in [5.74, 6) is 0.748. The fourth-order valence-corrected chi connectivity index (χ4v) is 4.09. The Morgan fingerprint density at radius 3 is 2.59 bits per heavy atom. The Morgan fingerprint density at radius 2 is 1.83 bits per heavy atom. The number of carbonyl (C=O) groups is 2. The van der Waals surface area contributed by atoms with E-state index >= 15 is 0 Å². The van der Waals surface area contributed by atoms with Gasteiger partial charge in [-0.1, -0.05) is 48.5 Å². The smallest absolute Gasteiger partial charge is 0.375 e. The lowest BCUT2D eigenvalue weighted by Gasteiger charge is -2.12. The summed E-state index contributed by atoms with van der Waals surface area (Å²) in [5, 5.41) is 3.75. The van der Waals surface area contributed by atoms with Crippen LogP contribution in [0.1, 0.15) is 41.4 Å². The fraction of sp³-hybridized carbons (Fsp3) is 0.304. The van der Waals surface area contributed by atoms with Crippen LogP contribution >= 0.6 is 11.8 Å². The van der Waals surface area contributed by atoms with Crippen LogP contribution in [-0.4, -0.2) is 24.0 Å². The first-order valence-corrected chi connectivity index (χ1v) is 10.9. The lowest BCUT2D eigenvalue weighted by atomic mass is 10.1. The van der Waals surface area contributed by atoms with Crippen molar-refractivity contribution in [3.05, 3.63) is 71.5 Å². The number of para-hydroxylation sites is 1. The monoisotopic (exact) mass is 409 g/mol. The van der Waals surface area contributed by atoms with Crippen LogP contribution in [0.4, 0.5) is 0 Å². The van der Waals surface area contributed by atoms with Gasteiger partial charge in [-0.15, -0.1) is 0 Å². The molecule has 6 heteroatoms. The van der Waals surface area contributed by atoms with Crippen LogP contribution in [-0.2, 0) is 21.0 Å². The Morgan fingerprint density at radius 1 is 1.10 bits per heavy atom. The summed E-state index contributed by atoms with van der Waals surface area (Å²) < 4.78 is 11.2. The lowest BCUT2D eigenvalue weighted by molar-refractivity contribution is -0.129. The molecule has 0 saturated heterocycles. The minimum absolute atomic E-state index is 0.179. The summed E-state index contributed by atoms with van der Waals surface area (Å²) >= 11 is 1.71. The number of thioether (sulfide) groups is 1. The van der Waals surface area contributed by atoms with E-state index in [9.17, 15) is 9.59 Å². The predicted octanol–water partition coefficient (Wildman–Crippen LogP) is 4.69. The molecule has 0 spiro atoms. The van der Waals surface area contributed by atoms with E-state index in [0.717, 1.165) is 29.5 Å². The van der Waals surface area contributed by atoms with Crippen molar-refractivity contribution in [2.75, 3.05) is 0 Å². The molecule has 29 heavy (non-hydrogen) atoms. The minimum Gasteiger partial charge on any atom is -0.449 e. The van der Waals surface area contributed by atoms with Gasteiger partial charge in [-0.3, -0.25) is 4.79 Å². The summed E-state index contributed by atoms with van der Waals surface area (Å²) in [6.45, 7) is 1.59. The number of rotatable bonds is 8. The van der Waals surface area contributed by atoms with Crippen LogP contribution in [0.3, 0.4) is 0 Å². The Balaban J connectivity index is 1.49. The van der Waals surface area contributed by atoms with Crippen molar-refractivity contribution in [2.45, 2.75) is 43.4 Å². The highest BCUT2D eigenvalue weighted by molar-refractivity contribution is 7.97. The summed E-state index contributed by atoms with van der Waals surface area (Å²) in [4.78, 5) is 24.9. The largest absolute Gasteiger partial charge is 0.449 e. The van der Waals surface area contributed by atoms with Crippen LogP contribution in [0.2, 0.25) is 0 Å². The van der Waals surface area contributed by atoms with Gasteiger partial charge in [-0.25, -0.2) is 4.79 Å². The van der Waals surface area contributed by atoms with E-state index in [0.29, 0.717) is 11.3 Å². The molecule has 1 N–H and O–H groups in total. The first-order chi connectivity index (χ1) is 14.1. The molecular weight excluding hydrogens is 386 g/mol. The molecule has 0 unspecified atom stereocenters. The Hall–Kier alpha value is -2.73. The third kappa shape index (κ3) is 4.82. The molecule has 4 rings (SSSR count). The van der Waals surface area contributed by atoms with E-state index < -0.39 is 12.1 Å². The number of ether oxygens (including phenoxy) is 1. The van der Waals surface area contributed by atoms with Gasteiger partial charge in [0.2, 0.25) is 5.76 Å². The number of hydrogen-bond donors (Lipinski definition) is 1. The average Bonchev–Trinajstić information content (AvgIpc) is 3.47. The number of fused-ring (bicyclic) bond motifs is 1. The average molecular weight is 410 g/mol. The number of carbonyl (C=O) groups excluding carboxylic acids is 2. The molecule has 1 fully saturated rings. The van der Waals surface area contributed by atoms with Crippen LogP contribution in [0.5, 0.6) is 0 Å². The van der Waals surface area contributed by atoms with Crippen molar-refractivity contribution in [1.82, 2.24) is 5.32 Å².